The molecule has 0 radical (unpaired) electrons. The van der Waals surface area contributed by atoms with Gasteiger partial charge in [-0.15, -0.1) is 0 Å². The van der Waals surface area contributed by atoms with Gasteiger partial charge in [0.25, 0.3) is 0 Å². The zero-order valence-electron chi connectivity index (χ0n) is 5.55. The summed E-state index contributed by atoms with van der Waals surface area (Å²) in [6, 6.07) is -0.188. The predicted molar refractivity (Wildman–Crippen MR) is 36.0 cm³/mol. The Bertz CT molecular complexity index is 97.1. The van der Waals surface area contributed by atoms with E-state index in [9.17, 15) is 4.79 Å². The molecule has 1 aliphatic rings. The largest absolute Gasteiger partial charge is 0.322 e. The molecule has 2 N–H and O–H groups in total. The Labute approximate surface area is 55.4 Å². The molecule has 0 saturated heterocycles. The van der Waals surface area contributed by atoms with Crippen molar-refractivity contribution in [2.75, 3.05) is 0 Å². The van der Waals surface area contributed by atoms with Gasteiger partial charge in [0.2, 0.25) is 0 Å². The van der Waals surface area contributed by atoms with E-state index in [0.717, 1.165) is 19.1 Å². The Morgan fingerprint density at radius 1 is 1.44 bits per heavy atom. The predicted octanol–water partition coefficient (Wildman–Crippen LogP) is 0.703. The van der Waals surface area contributed by atoms with Gasteiger partial charge in [0.05, 0.1) is 6.04 Å². The van der Waals surface area contributed by atoms with E-state index in [-0.39, 0.29) is 6.04 Å². The Balaban J connectivity index is 2.32. The molecule has 0 unspecified atom stereocenters. The van der Waals surface area contributed by atoms with Crippen LogP contribution >= 0.6 is 0 Å². The van der Waals surface area contributed by atoms with Crippen molar-refractivity contribution in [3.63, 3.8) is 0 Å². The molecule has 1 atom stereocenters. The number of carbonyl (C=O) groups excluding carboxylic acids is 1. The number of hydrogen-bond donors (Lipinski definition) is 1. The molecule has 0 aliphatic heterocycles. The highest BCUT2D eigenvalue weighted by Crippen LogP contribution is 2.25. The summed E-state index contributed by atoms with van der Waals surface area (Å²) in [5.74, 6) is 0.488. The van der Waals surface area contributed by atoms with Crippen LogP contribution < -0.4 is 5.73 Å². The Morgan fingerprint density at radius 2 is 2.00 bits per heavy atom. The van der Waals surface area contributed by atoms with Gasteiger partial charge in [-0.3, -0.25) is 0 Å². The first-order valence-electron chi connectivity index (χ1n) is 3.55. The lowest BCUT2D eigenvalue weighted by Gasteiger charge is -2.10. The smallest absolute Gasteiger partial charge is 0.136 e. The molecule has 0 aromatic rings. The van der Waals surface area contributed by atoms with Crippen molar-refractivity contribution in [2.24, 2.45) is 11.7 Å². The molecule has 52 valence electrons. The van der Waals surface area contributed by atoms with Crippen LogP contribution in [-0.4, -0.2) is 12.3 Å². The highest BCUT2D eigenvalue weighted by Gasteiger charge is 2.20. The van der Waals surface area contributed by atoms with E-state index in [1.54, 1.807) is 0 Å². The van der Waals surface area contributed by atoms with Gasteiger partial charge in [-0.1, -0.05) is 12.8 Å². The van der Waals surface area contributed by atoms with Gasteiger partial charge < -0.3 is 10.5 Å². The third-order valence-corrected chi connectivity index (χ3v) is 2.10. The number of carbonyl (C=O) groups is 1. The molecule has 9 heavy (non-hydrogen) atoms. The molecule has 2 nitrogen and oxygen atoms in total. The van der Waals surface area contributed by atoms with Crippen LogP contribution in [0.4, 0.5) is 0 Å². The Kier molecular flexibility index (Phi) is 2.22. The maximum Gasteiger partial charge on any atom is 0.136 e. The molecule has 0 spiro atoms. The zero-order chi connectivity index (χ0) is 6.69. The van der Waals surface area contributed by atoms with Crippen molar-refractivity contribution >= 4 is 6.29 Å². The summed E-state index contributed by atoms with van der Waals surface area (Å²) in [5, 5.41) is 0. The zero-order valence-corrected chi connectivity index (χ0v) is 5.55. The highest BCUT2D eigenvalue weighted by molar-refractivity contribution is 5.57. The van der Waals surface area contributed by atoms with Crippen molar-refractivity contribution in [3.8, 4) is 0 Å². The van der Waals surface area contributed by atoms with Crippen LogP contribution in [0.3, 0.4) is 0 Å². The van der Waals surface area contributed by atoms with Gasteiger partial charge >= 0.3 is 0 Å². The summed E-state index contributed by atoms with van der Waals surface area (Å²) in [6.07, 6.45) is 5.69. The maximum atomic E-state index is 10.2. The molecule has 0 heterocycles. The van der Waals surface area contributed by atoms with Gasteiger partial charge in [0.15, 0.2) is 0 Å². The first kappa shape index (κ1) is 6.75. The van der Waals surface area contributed by atoms with E-state index in [2.05, 4.69) is 0 Å². The minimum atomic E-state index is -0.188. The third-order valence-electron chi connectivity index (χ3n) is 2.10. The van der Waals surface area contributed by atoms with Crippen molar-refractivity contribution in [2.45, 2.75) is 31.7 Å². The number of aldehydes is 1. The van der Waals surface area contributed by atoms with Crippen LogP contribution in [0.25, 0.3) is 0 Å². The molecule has 0 amide bonds. The summed E-state index contributed by atoms with van der Waals surface area (Å²) < 4.78 is 0. The second-order valence-corrected chi connectivity index (χ2v) is 2.76. The van der Waals surface area contributed by atoms with Crippen molar-refractivity contribution in [1.29, 1.82) is 0 Å². The van der Waals surface area contributed by atoms with Crippen molar-refractivity contribution in [3.05, 3.63) is 0 Å². The SMILES string of the molecule is N[C@H](C=O)C1CCCC1. The topological polar surface area (TPSA) is 43.1 Å². The first-order valence-corrected chi connectivity index (χ1v) is 3.55. The highest BCUT2D eigenvalue weighted by atomic mass is 16.1. The van der Waals surface area contributed by atoms with E-state index >= 15 is 0 Å². The lowest BCUT2D eigenvalue weighted by atomic mass is 10.0. The summed E-state index contributed by atoms with van der Waals surface area (Å²) in [5.41, 5.74) is 5.51. The second-order valence-electron chi connectivity index (χ2n) is 2.76. The van der Waals surface area contributed by atoms with Crippen LogP contribution in [0.2, 0.25) is 0 Å². The lowest BCUT2D eigenvalue weighted by molar-refractivity contribution is -0.109. The van der Waals surface area contributed by atoms with Crippen molar-refractivity contribution < 1.29 is 4.79 Å². The molecule has 1 aliphatic carbocycles. The standard InChI is InChI=1S/C7H13NO/c8-7(5-9)6-3-1-2-4-6/h5-7H,1-4,8H2/t7-/m1/s1. The number of hydrogen-bond acceptors (Lipinski definition) is 2. The fraction of sp³-hybridized carbons (Fsp3) is 0.857. The van der Waals surface area contributed by atoms with Gasteiger partial charge in [0, 0.05) is 0 Å². The van der Waals surface area contributed by atoms with E-state index in [1.807, 2.05) is 0 Å². The normalized spacial score (nSPS) is 24.1. The molecule has 1 rings (SSSR count). The Hall–Kier alpha value is -0.370. The average Bonchev–Trinajstić information content (AvgIpc) is 2.37. The molecule has 1 saturated carbocycles. The average molecular weight is 127 g/mol. The van der Waals surface area contributed by atoms with Crippen LogP contribution in [-0.2, 0) is 4.79 Å². The minimum Gasteiger partial charge on any atom is -0.322 e. The van der Waals surface area contributed by atoms with E-state index in [4.69, 9.17) is 5.73 Å². The summed E-state index contributed by atoms with van der Waals surface area (Å²) in [7, 11) is 0. The van der Waals surface area contributed by atoms with Gasteiger partial charge in [0.1, 0.15) is 6.29 Å². The maximum absolute atomic E-state index is 10.2. The molecule has 0 bridgehead atoms. The number of nitrogens with two attached hydrogens (primary N) is 1. The Morgan fingerprint density at radius 3 is 2.44 bits per heavy atom. The fourth-order valence-electron chi connectivity index (χ4n) is 1.45. The first-order chi connectivity index (χ1) is 4.34. The van der Waals surface area contributed by atoms with E-state index < -0.39 is 0 Å². The molecular formula is C7H13NO. The number of rotatable bonds is 2. The quantitative estimate of drug-likeness (QED) is 0.555. The third kappa shape index (κ3) is 1.52. The monoisotopic (exact) mass is 127 g/mol. The molecule has 2 heteroatoms. The molecule has 0 aromatic carbocycles. The molecule has 0 aromatic heterocycles. The van der Waals surface area contributed by atoms with Crippen molar-refractivity contribution in [1.82, 2.24) is 0 Å². The summed E-state index contributed by atoms with van der Waals surface area (Å²) in [4.78, 5) is 10.2. The lowest BCUT2D eigenvalue weighted by Crippen LogP contribution is -2.29. The summed E-state index contributed by atoms with van der Waals surface area (Å²) >= 11 is 0. The van der Waals surface area contributed by atoms with Gasteiger partial charge in [-0.2, -0.15) is 0 Å². The molecular weight excluding hydrogens is 114 g/mol. The fourth-order valence-corrected chi connectivity index (χ4v) is 1.45. The van der Waals surface area contributed by atoms with Crippen LogP contribution in [0.15, 0.2) is 0 Å². The minimum absolute atomic E-state index is 0.188. The van der Waals surface area contributed by atoms with E-state index in [1.165, 1.54) is 12.8 Å². The molecule has 1 fully saturated rings. The van der Waals surface area contributed by atoms with Gasteiger partial charge in [-0.25, -0.2) is 0 Å². The second kappa shape index (κ2) is 2.97. The van der Waals surface area contributed by atoms with Gasteiger partial charge in [-0.05, 0) is 18.8 Å². The van der Waals surface area contributed by atoms with E-state index in [0.29, 0.717) is 5.92 Å². The summed E-state index contributed by atoms with van der Waals surface area (Å²) in [6.45, 7) is 0. The van der Waals surface area contributed by atoms with Crippen LogP contribution in [0, 0.1) is 5.92 Å². The van der Waals surface area contributed by atoms with Crippen LogP contribution in [0.1, 0.15) is 25.7 Å². The van der Waals surface area contributed by atoms with Crippen LogP contribution in [0.5, 0.6) is 0 Å².